The number of aryl methyl sites for hydroxylation is 1. The number of halogens is 1. The summed E-state index contributed by atoms with van der Waals surface area (Å²) in [6.07, 6.45) is 1.71. The maximum atomic E-state index is 6.16. The van der Waals surface area contributed by atoms with Gasteiger partial charge >= 0.3 is 0 Å². The highest BCUT2D eigenvalue weighted by Gasteiger charge is 2.07. The van der Waals surface area contributed by atoms with Crippen molar-refractivity contribution in [2.75, 3.05) is 12.5 Å². The summed E-state index contributed by atoms with van der Waals surface area (Å²) >= 11 is 7.67. The molecular weight excluding hydrogens is 370 g/mol. The van der Waals surface area contributed by atoms with Crippen molar-refractivity contribution in [3.05, 3.63) is 69.7 Å². The van der Waals surface area contributed by atoms with Crippen molar-refractivity contribution in [1.82, 2.24) is 4.98 Å². The molecule has 0 amide bonds. The second-order valence-electron chi connectivity index (χ2n) is 5.45. The fraction of sp³-hybridized carbons (Fsp3) is 0.158. The van der Waals surface area contributed by atoms with Crippen molar-refractivity contribution >= 4 is 34.3 Å². The molecular formula is C19H18ClN3O2S. The van der Waals surface area contributed by atoms with Gasteiger partial charge in [0.1, 0.15) is 6.61 Å². The minimum absolute atomic E-state index is 0.369. The van der Waals surface area contributed by atoms with Gasteiger partial charge in [-0.15, -0.1) is 11.3 Å². The zero-order valence-corrected chi connectivity index (χ0v) is 16.0. The predicted octanol–water partition coefficient (Wildman–Crippen LogP) is 5.14. The monoisotopic (exact) mass is 387 g/mol. The number of methoxy groups -OCH3 is 1. The number of hydrogen-bond acceptors (Lipinski definition) is 6. The second kappa shape index (κ2) is 8.69. The van der Waals surface area contributed by atoms with Crippen molar-refractivity contribution in [2.24, 2.45) is 5.10 Å². The van der Waals surface area contributed by atoms with Gasteiger partial charge in [-0.1, -0.05) is 29.8 Å². The normalized spacial score (nSPS) is 10.9. The molecule has 3 rings (SSSR count). The van der Waals surface area contributed by atoms with Gasteiger partial charge in [-0.05, 0) is 36.8 Å². The number of hydrazone groups is 1. The Kier molecular flexibility index (Phi) is 6.09. The van der Waals surface area contributed by atoms with Gasteiger partial charge in [0, 0.05) is 16.0 Å². The molecule has 5 nitrogen and oxygen atoms in total. The van der Waals surface area contributed by atoms with E-state index in [1.54, 1.807) is 13.3 Å². The first-order valence-electron chi connectivity index (χ1n) is 7.91. The molecule has 0 aliphatic rings. The van der Waals surface area contributed by atoms with Crippen molar-refractivity contribution in [3.63, 3.8) is 0 Å². The largest absolute Gasteiger partial charge is 0.493 e. The van der Waals surface area contributed by atoms with Crippen LogP contribution < -0.4 is 14.9 Å². The third-order valence-corrected chi connectivity index (χ3v) is 4.76. The molecule has 134 valence electrons. The first-order valence-corrected chi connectivity index (χ1v) is 9.17. The molecule has 0 spiro atoms. The summed E-state index contributed by atoms with van der Waals surface area (Å²) in [7, 11) is 1.61. The number of aromatic nitrogens is 1. The van der Waals surface area contributed by atoms with Crippen LogP contribution in [0.25, 0.3) is 0 Å². The highest BCUT2D eigenvalue weighted by atomic mass is 35.5. The van der Waals surface area contributed by atoms with E-state index in [1.165, 1.54) is 11.3 Å². The van der Waals surface area contributed by atoms with E-state index in [9.17, 15) is 0 Å². The fourth-order valence-corrected chi connectivity index (χ4v) is 3.05. The zero-order chi connectivity index (χ0) is 18.4. The van der Waals surface area contributed by atoms with E-state index in [4.69, 9.17) is 21.1 Å². The number of nitrogens with one attached hydrogen (secondary N) is 1. The van der Waals surface area contributed by atoms with Crippen LogP contribution in [0.3, 0.4) is 0 Å². The van der Waals surface area contributed by atoms with Gasteiger partial charge in [-0.3, -0.25) is 5.43 Å². The molecule has 0 saturated carbocycles. The van der Waals surface area contributed by atoms with E-state index in [2.05, 4.69) is 15.5 Å². The highest BCUT2D eigenvalue weighted by molar-refractivity contribution is 7.13. The first kappa shape index (κ1) is 18.2. The van der Waals surface area contributed by atoms with Crippen LogP contribution >= 0.6 is 22.9 Å². The van der Waals surface area contributed by atoms with Gasteiger partial charge in [-0.25, -0.2) is 4.98 Å². The number of rotatable bonds is 7. The molecule has 7 heteroatoms. The Labute approximate surface area is 161 Å². The Bertz CT molecular complexity index is 911. The second-order valence-corrected chi connectivity index (χ2v) is 6.72. The number of hydrogen-bond donors (Lipinski definition) is 1. The topological polar surface area (TPSA) is 55.7 Å². The van der Waals surface area contributed by atoms with Gasteiger partial charge in [0.15, 0.2) is 11.5 Å². The Balaban J connectivity index is 1.66. The van der Waals surface area contributed by atoms with Crippen LogP contribution in [0.15, 0.2) is 52.9 Å². The van der Waals surface area contributed by atoms with E-state index in [1.807, 2.05) is 54.8 Å². The van der Waals surface area contributed by atoms with Crippen LogP contribution in [0.2, 0.25) is 5.02 Å². The molecule has 0 atom stereocenters. The molecule has 0 aliphatic heterocycles. The van der Waals surface area contributed by atoms with Crippen LogP contribution in [-0.4, -0.2) is 18.3 Å². The van der Waals surface area contributed by atoms with Crippen molar-refractivity contribution in [2.45, 2.75) is 13.5 Å². The molecule has 1 aromatic heterocycles. The first-order chi connectivity index (χ1) is 12.7. The Hall–Kier alpha value is -2.57. The molecule has 0 saturated heterocycles. The Morgan fingerprint density at radius 3 is 2.81 bits per heavy atom. The maximum absolute atomic E-state index is 6.16. The summed E-state index contributed by atoms with van der Waals surface area (Å²) in [6.45, 7) is 2.31. The minimum atomic E-state index is 0.369. The summed E-state index contributed by atoms with van der Waals surface area (Å²) in [5.74, 6) is 1.28. The smallest absolute Gasteiger partial charge is 0.203 e. The summed E-state index contributed by atoms with van der Waals surface area (Å²) in [5.41, 5.74) is 5.68. The molecule has 0 fully saturated rings. The molecule has 0 aliphatic carbocycles. The van der Waals surface area contributed by atoms with Crippen LogP contribution in [0.5, 0.6) is 11.5 Å². The van der Waals surface area contributed by atoms with Crippen LogP contribution in [0, 0.1) is 6.92 Å². The quantitative estimate of drug-likeness (QED) is 0.450. The third kappa shape index (κ3) is 4.74. The number of anilines is 1. The lowest BCUT2D eigenvalue weighted by Crippen LogP contribution is -1.99. The lowest BCUT2D eigenvalue weighted by Gasteiger charge is -2.12. The van der Waals surface area contributed by atoms with Crippen molar-refractivity contribution in [3.8, 4) is 11.5 Å². The molecule has 1 heterocycles. The molecule has 3 aromatic rings. The van der Waals surface area contributed by atoms with Gasteiger partial charge in [0.2, 0.25) is 5.13 Å². The number of thiazole rings is 1. The van der Waals surface area contributed by atoms with E-state index in [0.29, 0.717) is 23.1 Å². The molecule has 0 unspecified atom stereocenters. The average Bonchev–Trinajstić information content (AvgIpc) is 3.06. The average molecular weight is 388 g/mol. The van der Waals surface area contributed by atoms with E-state index >= 15 is 0 Å². The molecule has 2 aromatic carbocycles. The van der Waals surface area contributed by atoms with Crippen LogP contribution in [0.4, 0.5) is 5.13 Å². The standard InChI is InChI=1S/C19H18ClN3O2S/c1-13-12-26-19(22-13)23-21-10-14-7-8-17(18(9-14)24-2)25-11-15-5-3-4-6-16(15)20/h3-10,12H,11H2,1-2H3,(H,22,23)/b21-10-. The number of benzene rings is 2. The maximum Gasteiger partial charge on any atom is 0.203 e. The molecule has 26 heavy (non-hydrogen) atoms. The van der Waals surface area contributed by atoms with Gasteiger partial charge < -0.3 is 9.47 Å². The number of nitrogens with zero attached hydrogens (tertiary/aromatic N) is 2. The van der Waals surface area contributed by atoms with E-state index < -0.39 is 0 Å². The summed E-state index contributed by atoms with van der Waals surface area (Å²) < 4.78 is 11.3. The number of ether oxygens (including phenoxy) is 2. The SMILES string of the molecule is COc1cc(/C=N\Nc2nc(C)cs2)ccc1OCc1ccccc1Cl. The lowest BCUT2D eigenvalue weighted by atomic mass is 10.2. The van der Waals surface area contributed by atoms with Crippen LogP contribution in [0.1, 0.15) is 16.8 Å². The summed E-state index contributed by atoms with van der Waals surface area (Å²) in [6, 6.07) is 13.2. The molecule has 1 N–H and O–H groups in total. The highest BCUT2D eigenvalue weighted by Crippen LogP contribution is 2.29. The summed E-state index contributed by atoms with van der Waals surface area (Å²) in [4.78, 5) is 4.29. The fourth-order valence-electron chi connectivity index (χ4n) is 2.22. The predicted molar refractivity (Wildman–Crippen MR) is 107 cm³/mol. The van der Waals surface area contributed by atoms with E-state index in [0.717, 1.165) is 22.0 Å². The van der Waals surface area contributed by atoms with Crippen LogP contribution in [-0.2, 0) is 6.61 Å². The molecule has 0 radical (unpaired) electrons. The van der Waals surface area contributed by atoms with E-state index in [-0.39, 0.29) is 0 Å². The Morgan fingerprint density at radius 2 is 2.08 bits per heavy atom. The minimum Gasteiger partial charge on any atom is -0.493 e. The third-order valence-electron chi connectivity index (χ3n) is 3.52. The van der Waals surface area contributed by atoms with Gasteiger partial charge in [0.25, 0.3) is 0 Å². The Morgan fingerprint density at radius 1 is 1.23 bits per heavy atom. The van der Waals surface area contributed by atoms with Crippen molar-refractivity contribution in [1.29, 1.82) is 0 Å². The molecule has 0 bridgehead atoms. The van der Waals surface area contributed by atoms with Gasteiger partial charge in [-0.2, -0.15) is 5.10 Å². The van der Waals surface area contributed by atoms with Crippen molar-refractivity contribution < 1.29 is 9.47 Å². The lowest BCUT2D eigenvalue weighted by molar-refractivity contribution is 0.284. The van der Waals surface area contributed by atoms with Gasteiger partial charge in [0.05, 0.1) is 19.0 Å². The summed E-state index contributed by atoms with van der Waals surface area (Å²) in [5, 5.41) is 7.59. The zero-order valence-electron chi connectivity index (χ0n) is 14.4.